The molecule has 1 saturated carbocycles. The normalized spacial score (nSPS) is 27.5. The molecule has 1 saturated heterocycles. The van der Waals surface area contributed by atoms with Crippen LogP contribution >= 0.6 is 7.80 Å². The lowest BCUT2D eigenvalue weighted by Gasteiger charge is -2.20. The Bertz CT molecular complexity index is 157. The first kappa shape index (κ1) is 7.70. The highest BCUT2D eigenvalue weighted by atomic mass is 31.1. The third-order valence-electron chi connectivity index (χ3n) is 2.54. The topological polar surface area (TPSA) is 20.3 Å². The van der Waals surface area contributed by atoms with Crippen LogP contribution in [0.4, 0.5) is 0 Å². The second-order valence-corrected chi connectivity index (χ2v) is 5.53. The van der Waals surface area contributed by atoms with Gasteiger partial charge in [-0.15, -0.1) is 0 Å². The first-order valence-electron chi connectivity index (χ1n) is 4.49. The summed E-state index contributed by atoms with van der Waals surface area (Å²) in [6.45, 7) is 3.46. The third kappa shape index (κ3) is 2.25. The van der Waals surface area contributed by atoms with Crippen molar-refractivity contribution < 1.29 is 4.57 Å². The molecule has 1 aliphatic carbocycles. The molecule has 2 rings (SSSR count). The predicted molar refractivity (Wildman–Crippen MR) is 46.5 cm³/mol. The molecule has 1 aliphatic heterocycles. The summed E-state index contributed by atoms with van der Waals surface area (Å²) in [5.41, 5.74) is 0. The summed E-state index contributed by atoms with van der Waals surface area (Å²) in [6.07, 6.45) is 4.76. The van der Waals surface area contributed by atoms with Crippen molar-refractivity contribution in [1.29, 1.82) is 0 Å². The van der Waals surface area contributed by atoms with Gasteiger partial charge in [0.1, 0.15) is 0 Å². The summed E-state index contributed by atoms with van der Waals surface area (Å²) >= 11 is 0. The predicted octanol–water partition coefficient (Wildman–Crippen LogP) is 1.54. The van der Waals surface area contributed by atoms with E-state index >= 15 is 0 Å². The highest BCUT2D eigenvalue weighted by Crippen LogP contribution is 2.32. The molecule has 2 aliphatic rings. The second kappa shape index (κ2) is 3.20. The molecule has 0 N–H and O–H groups in total. The quantitative estimate of drug-likeness (QED) is 0.589. The first-order valence-corrected chi connectivity index (χ1v) is 6.12. The van der Waals surface area contributed by atoms with Crippen molar-refractivity contribution in [3.63, 3.8) is 0 Å². The van der Waals surface area contributed by atoms with E-state index in [1.54, 1.807) is 0 Å². The van der Waals surface area contributed by atoms with Crippen molar-refractivity contribution in [3.05, 3.63) is 0 Å². The smallest absolute Gasteiger partial charge is 0.295 e. The maximum Gasteiger partial charge on any atom is 0.341 e. The average Bonchev–Trinajstić information content (AvgIpc) is 2.78. The van der Waals surface area contributed by atoms with Crippen LogP contribution in [0.5, 0.6) is 0 Å². The van der Waals surface area contributed by atoms with Crippen LogP contribution in [-0.2, 0) is 4.57 Å². The molecule has 0 unspecified atom stereocenters. The summed E-state index contributed by atoms with van der Waals surface area (Å²) in [4.78, 5) is 2.48. The number of hydrogen-bond donors (Lipinski definition) is 0. The van der Waals surface area contributed by atoms with Crippen LogP contribution in [0.2, 0.25) is 0 Å². The Morgan fingerprint density at radius 1 is 1.27 bits per heavy atom. The van der Waals surface area contributed by atoms with E-state index in [4.69, 9.17) is 0 Å². The molecular formula is C8H15NOP+. The van der Waals surface area contributed by atoms with E-state index in [0.717, 1.165) is 31.3 Å². The lowest BCUT2D eigenvalue weighted by atomic mass is 10.3. The maximum atomic E-state index is 11.0. The summed E-state index contributed by atoms with van der Waals surface area (Å²) in [5.74, 6) is 0.992. The van der Waals surface area contributed by atoms with Crippen molar-refractivity contribution in [3.8, 4) is 0 Å². The van der Waals surface area contributed by atoms with Gasteiger partial charge in [-0.05, 0) is 18.8 Å². The monoisotopic (exact) mass is 172 g/mol. The van der Waals surface area contributed by atoms with E-state index in [-0.39, 0.29) is 0 Å². The van der Waals surface area contributed by atoms with E-state index in [0.29, 0.717) is 0 Å². The molecule has 0 spiro atoms. The fraction of sp³-hybridized carbons (Fsp3) is 1.00. The molecule has 1 heterocycles. The molecule has 11 heavy (non-hydrogen) atoms. The van der Waals surface area contributed by atoms with Gasteiger partial charge in [-0.3, -0.25) is 4.90 Å². The molecule has 0 atom stereocenters. The van der Waals surface area contributed by atoms with E-state index < -0.39 is 7.80 Å². The fourth-order valence-corrected chi connectivity index (χ4v) is 2.81. The van der Waals surface area contributed by atoms with Crippen molar-refractivity contribution in [2.24, 2.45) is 5.92 Å². The Labute approximate surface area is 68.7 Å². The summed E-state index contributed by atoms with van der Waals surface area (Å²) in [6, 6.07) is 0. The van der Waals surface area contributed by atoms with E-state index in [2.05, 4.69) is 4.90 Å². The molecule has 2 nitrogen and oxygen atoms in total. The van der Waals surface area contributed by atoms with Crippen LogP contribution < -0.4 is 0 Å². The minimum absolute atomic E-state index is 0.815. The van der Waals surface area contributed by atoms with Crippen molar-refractivity contribution >= 4 is 7.80 Å². The molecule has 0 amide bonds. The van der Waals surface area contributed by atoms with Crippen molar-refractivity contribution in [1.82, 2.24) is 4.90 Å². The van der Waals surface area contributed by atoms with Crippen LogP contribution in [0, 0.1) is 5.92 Å². The molecule has 0 aromatic heterocycles. The molecule has 2 fully saturated rings. The number of nitrogens with zero attached hydrogens (tertiary/aromatic N) is 1. The SMILES string of the molecule is O=[P+]1CCN(CC2CC2)CC1. The standard InChI is InChI=1S/C8H15NOP/c10-11-5-3-9(4-6-11)7-8-1-2-8/h8H,1-7H2/q+1. The van der Waals surface area contributed by atoms with Crippen molar-refractivity contribution in [2.45, 2.75) is 12.8 Å². The van der Waals surface area contributed by atoms with Gasteiger partial charge in [-0.25, -0.2) is 0 Å². The Morgan fingerprint density at radius 3 is 2.45 bits per heavy atom. The minimum atomic E-state index is -0.815. The maximum absolute atomic E-state index is 11.0. The highest BCUT2D eigenvalue weighted by molar-refractivity contribution is 7.44. The molecule has 0 radical (unpaired) electrons. The Kier molecular flexibility index (Phi) is 2.24. The Morgan fingerprint density at radius 2 is 1.91 bits per heavy atom. The average molecular weight is 172 g/mol. The van der Waals surface area contributed by atoms with Crippen LogP contribution in [-0.4, -0.2) is 36.9 Å². The highest BCUT2D eigenvalue weighted by Gasteiger charge is 2.29. The van der Waals surface area contributed by atoms with Crippen LogP contribution in [0.25, 0.3) is 0 Å². The van der Waals surface area contributed by atoms with E-state index in [1.807, 2.05) is 0 Å². The van der Waals surface area contributed by atoms with Gasteiger partial charge in [0.05, 0.1) is 0 Å². The Hall–Kier alpha value is 0.0600. The third-order valence-corrected chi connectivity index (χ3v) is 3.94. The van der Waals surface area contributed by atoms with Crippen LogP contribution in [0.3, 0.4) is 0 Å². The van der Waals surface area contributed by atoms with Gasteiger partial charge in [0.25, 0.3) is 0 Å². The van der Waals surface area contributed by atoms with Gasteiger partial charge >= 0.3 is 7.80 Å². The summed E-state index contributed by atoms with van der Waals surface area (Å²) in [5, 5.41) is 0. The van der Waals surface area contributed by atoms with Gasteiger partial charge in [0.2, 0.25) is 0 Å². The van der Waals surface area contributed by atoms with Crippen LogP contribution in [0.15, 0.2) is 0 Å². The number of hydrogen-bond acceptors (Lipinski definition) is 2. The van der Waals surface area contributed by atoms with Crippen LogP contribution in [0.1, 0.15) is 12.8 Å². The van der Waals surface area contributed by atoms with Gasteiger partial charge in [-0.1, -0.05) is 4.57 Å². The van der Waals surface area contributed by atoms with Gasteiger partial charge in [-0.2, -0.15) is 0 Å². The summed E-state index contributed by atoms with van der Waals surface area (Å²) < 4.78 is 11.0. The van der Waals surface area contributed by atoms with Gasteiger partial charge in [0, 0.05) is 19.6 Å². The lowest BCUT2D eigenvalue weighted by Crippen LogP contribution is -2.34. The van der Waals surface area contributed by atoms with Gasteiger partial charge in [0.15, 0.2) is 12.3 Å². The zero-order valence-electron chi connectivity index (χ0n) is 6.83. The molecule has 0 bridgehead atoms. The fourth-order valence-electron chi connectivity index (χ4n) is 1.58. The lowest BCUT2D eigenvalue weighted by molar-refractivity contribution is 0.285. The molecular weight excluding hydrogens is 157 g/mol. The van der Waals surface area contributed by atoms with E-state index in [9.17, 15) is 4.57 Å². The molecule has 3 heteroatoms. The second-order valence-electron chi connectivity index (χ2n) is 3.67. The van der Waals surface area contributed by atoms with Crippen molar-refractivity contribution in [2.75, 3.05) is 32.0 Å². The zero-order chi connectivity index (χ0) is 7.68. The summed E-state index contributed by atoms with van der Waals surface area (Å²) in [7, 11) is -0.815. The largest absolute Gasteiger partial charge is 0.341 e. The minimum Gasteiger partial charge on any atom is -0.295 e. The Balaban J connectivity index is 1.73. The molecule has 62 valence electrons. The van der Waals surface area contributed by atoms with Gasteiger partial charge < -0.3 is 0 Å². The molecule has 0 aromatic rings. The zero-order valence-corrected chi connectivity index (χ0v) is 7.72. The molecule has 0 aromatic carbocycles. The number of rotatable bonds is 2. The first-order chi connectivity index (χ1) is 5.34. The van der Waals surface area contributed by atoms with E-state index in [1.165, 1.54) is 19.4 Å².